The predicted octanol–water partition coefficient (Wildman–Crippen LogP) is 4.10. The van der Waals surface area contributed by atoms with Gasteiger partial charge in [0.15, 0.2) is 6.61 Å². The number of benzene rings is 1. The monoisotopic (exact) mass is 406 g/mol. The van der Waals surface area contributed by atoms with Crippen LogP contribution < -0.4 is 15.4 Å². The van der Waals surface area contributed by atoms with Crippen LogP contribution in [-0.4, -0.2) is 31.1 Å². The van der Waals surface area contributed by atoms with Crippen molar-refractivity contribution in [2.24, 2.45) is 0 Å². The number of nitrogens with one attached hydrogen (secondary N) is 2. The van der Waals surface area contributed by atoms with Gasteiger partial charge in [0, 0.05) is 28.9 Å². The van der Waals surface area contributed by atoms with E-state index >= 15 is 0 Å². The molecule has 0 aliphatic carbocycles. The zero-order valence-electron chi connectivity index (χ0n) is 13.2. The number of ether oxygens (including phenoxy) is 1. The Morgan fingerprint density at radius 3 is 2.65 bits per heavy atom. The van der Waals surface area contributed by atoms with Crippen molar-refractivity contribution in [3.05, 3.63) is 45.6 Å². The second kappa shape index (κ2) is 8.91. The van der Waals surface area contributed by atoms with Crippen molar-refractivity contribution < 1.29 is 27.5 Å². The number of halogens is 4. The van der Waals surface area contributed by atoms with Gasteiger partial charge in [-0.15, -0.1) is 0 Å². The van der Waals surface area contributed by atoms with E-state index in [-0.39, 0.29) is 35.3 Å². The summed E-state index contributed by atoms with van der Waals surface area (Å²) in [7, 11) is 0. The molecule has 10 heteroatoms. The fourth-order valence-corrected chi connectivity index (χ4v) is 2.69. The molecule has 0 spiro atoms. The molecule has 2 amide bonds. The molecule has 1 heterocycles. The summed E-state index contributed by atoms with van der Waals surface area (Å²) in [4.78, 5) is 23.7. The quantitative estimate of drug-likeness (QED) is 0.727. The van der Waals surface area contributed by atoms with Gasteiger partial charge in [0.2, 0.25) is 5.91 Å². The summed E-state index contributed by atoms with van der Waals surface area (Å²) in [5.41, 5.74) is 0.518. The number of rotatable bonds is 7. The number of hydrogen-bond acceptors (Lipinski definition) is 4. The van der Waals surface area contributed by atoms with Gasteiger partial charge in [-0.25, -0.2) is 0 Å². The zero-order valence-corrected chi connectivity index (χ0v) is 14.8. The molecule has 0 radical (unpaired) electrons. The van der Waals surface area contributed by atoms with Gasteiger partial charge in [-0.05, 0) is 29.6 Å². The van der Waals surface area contributed by atoms with Crippen molar-refractivity contribution in [3.8, 4) is 5.75 Å². The van der Waals surface area contributed by atoms with Crippen molar-refractivity contribution in [3.63, 3.8) is 0 Å². The molecule has 0 bridgehead atoms. The molecule has 1 aromatic heterocycles. The minimum atomic E-state index is -4.51. The first-order valence-corrected chi connectivity index (χ1v) is 8.66. The lowest BCUT2D eigenvalue weighted by Gasteiger charge is -2.14. The summed E-state index contributed by atoms with van der Waals surface area (Å²) in [6.07, 6.45) is -4.58. The Hall–Kier alpha value is -2.26. The summed E-state index contributed by atoms with van der Waals surface area (Å²) in [5.74, 6) is -0.965. The first-order chi connectivity index (χ1) is 12.2. The van der Waals surface area contributed by atoms with Crippen LogP contribution in [0.1, 0.15) is 16.8 Å². The van der Waals surface area contributed by atoms with Gasteiger partial charge in [0.05, 0.1) is 5.69 Å². The lowest BCUT2D eigenvalue weighted by molar-refractivity contribution is -0.153. The van der Waals surface area contributed by atoms with Crippen LogP contribution in [0.2, 0.25) is 5.02 Å². The topological polar surface area (TPSA) is 67.4 Å². The number of thiophene rings is 1. The number of anilines is 1. The van der Waals surface area contributed by atoms with Gasteiger partial charge in [-0.3, -0.25) is 9.59 Å². The molecule has 0 aliphatic heterocycles. The second-order valence-electron chi connectivity index (χ2n) is 5.11. The Morgan fingerprint density at radius 2 is 2.00 bits per heavy atom. The van der Waals surface area contributed by atoms with Crippen LogP contribution in [-0.2, 0) is 4.79 Å². The third kappa shape index (κ3) is 6.57. The van der Waals surface area contributed by atoms with Gasteiger partial charge < -0.3 is 15.4 Å². The number of carbonyl (C=O) groups excluding carboxylic acids is 2. The van der Waals surface area contributed by atoms with Crippen molar-refractivity contribution in [1.82, 2.24) is 5.32 Å². The van der Waals surface area contributed by atoms with Gasteiger partial charge in [-0.2, -0.15) is 24.5 Å². The fraction of sp³-hybridized carbons (Fsp3) is 0.250. The van der Waals surface area contributed by atoms with Crippen LogP contribution >= 0.6 is 22.9 Å². The molecule has 2 aromatic rings. The standard InChI is InChI=1S/C16H14ClF3N2O3S/c17-11-1-2-13(25-9-16(18,19)20)12(7-11)22-14(23)3-5-21-15(24)10-4-6-26-8-10/h1-2,4,6-8H,3,5,9H2,(H,21,24)(H,22,23). The maximum absolute atomic E-state index is 12.3. The molecule has 1 aromatic carbocycles. The second-order valence-corrected chi connectivity index (χ2v) is 6.33. The van der Waals surface area contributed by atoms with Crippen molar-refractivity contribution in [2.45, 2.75) is 12.6 Å². The maximum Gasteiger partial charge on any atom is 0.422 e. The highest BCUT2D eigenvalue weighted by Gasteiger charge is 2.29. The van der Waals surface area contributed by atoms with Crippen LogP contribution in [0.5, 0.6) is 5.75 Å². The highest BCUT2D eigenvalue weighted by atomic mass is 35.5. The molecule has 26 heavy (non-hydrogen) atoms. The number of alkyl halides is 3. The Kier molecular flexibility index (Phi) is 6.87. The summed E-state index contributed by atoms with van der Waals surface area (Å²) >= 11 is 7.18. The van der Waals surface area contributed by atoms with Crippen LogP contribution in [0.15, 0.2) is 35.0 Å². The van der Waals surface area contributed by atoms with Crippen molar-refractivity contribution in [1.29, 1.82) is 0 Å². The van der Waals surface area contributed by atoms with Crippen LogP contribution in [0.3, 0.4) is 0 Å². The Balaban J connectivity index is 1.89. The Morgan fingerprint density at radius 1 is 1.23 bits per heavy atom. The van der Waals surface area contributed by atoms with Crippen LogP contribution in [0.25, 0.3) is 0 Å². The summed E-state index contributed by atoms with van der Waals surface area (Å²) in [5, 5.41) is 8.66. The molecule has 0 fully saturated rings. The van der Waals surface area contributed by atoms with E-state index < -0.39 is 18.7 Å². The summed E-state index contributed by atoms with van der Waals surface area (Å²) in [6, 6.07) is 5.53. The number of hydrogen-bond donors (Lipinski definition) is 2. The summed E-state index contributed by atoms with van der Waals surface area (Å²) in [6.45, 7) is -1.42. The molecule has 0 unspecified atom stereocenters. The molecule has 0 aliphatic rings. The van der Waals surface area contributed by atoms with E-state index in [1.54, 1.807) is 16.8 Å². The largest absolute Gasteiger partial charge is 0.482 e. The normalized spacial score (nSPS) is 11.1. The average molecular weight is 407 g/mol. The van der Waals surface area contributed by atoms with E-state index in [2.05, 4.69) is 15.4 Å². The van der Waals surface area contributed by atoms with Gasteiger partial charge >= 0.3 is 6.18 Å². The first-order valence-electron chi connectivity index (χ1n) is 7.34. The van der Waals surface area contributed by atoms with E-state index in [1.807, 2.05) is 0 Å². The smallest absolute Gasteiger partial charge is 0.422 e. The van der Waals surface area contributed by atoms with E-state index in [4.69, 9.17) is 11.6 Å². The van der Waals surface area contributed by atoms with Crippen molar-refractivity contribution >= 4 is 40.4 Å². The molecule has 0 atom stereocenters. The third-order valence-electron chi connectivity index (χ3n) is 3.03. The number of amides is 2. The minimum Gasteiger partial charge on any atom is -0.482 e. The number of carbonyl (C=O) groups is 2. The summed E-state index contributed by atoms with van der Waals surface area (Å²) < 4.78 is 41.6. The molecule has 140 valence electrons. The average Bonchev–Trinajstić information content (AvgIpc) is 3.07. The van der Waals surface area contributed by atoms with Crippen molar-refractivity contribution in [2.75, 3.05) is 18.5 Å². The highest BCUT2D eigenvalue weighted by molar-refractivity contribution is 7.08. The lowest BCUT2D eigenvalue weighted by atomic mass is 10.2. The van der Waals surface area contributed by atoms with Crippen LogP contribution in [0.4, 0.5) is 18.9 Å². The third-order valence-corrected chi connectivity index (χ3v) is 3.95. The SMILES string of the molecule is O=C(CCNC(=O)c1ccsc1)Nc1cc(Cl)ccc1OCC(F)(F)F. The van der Waals surface area contributed by atoms with E-state index in [9.17, 15) is 22.8 Å². The molecule has 0 saturated heterocycles. The molecule has 2 rings (SSSR count). The van der Waals surface area contributed by atoms with Gasteiger partial charge in [0.25, 0.3) is 5.91 Å². The Labute approximate surface area is 156 Å². The molecule has 5 nitrogen and oxygen atoms in total. The maximum atomic E-state index is 12.3. The fourth-order valence-electron chi connectivity index (χ4n) is 1.88. The lowest BCUT2D eigenvalue weighted by Crippen LogP contribution is -2.27. The van der Waals surface area contributed by atoms with Gasteiger partial charge in [-0.1, -0.05) is 11.6 Å². The van der Waals surface area contributed by atoms with E-state index in [1.165, 1.54) is 29.5 Å². The van der Waals surface area contributed by atoms with Crippen LogP contribution in [0, 0.1) is 0 Å². The van der Waals surface area contributed by atoms with Gasteiger partial charge in [0.1, 0.15) is 5.75 Å². The molecular formula is C16H14ClF3N2O3S. The molecule has 0 saturated carbocycles. The predicted molar refractivity (Wildman–Crippen MR) is 92.9 cm³/mol. The van der Waals surface area contributed by atoms with E-state index in [0.717, 1.165) is 0 Å². The zero-order chi connectivity index (χ0) is 19.2. The first kappa shape index (κ1) is 20.1. The molecular weight excluding hydrogens is 393 g/mol. The highest BCUT2D eigenvalue weighted by Crippen LogP contribution is 2.29. The Bertz CT molecular complexity index is 767. The molecule has 2 N–H and O–H groups in total. The van der Waals surface area contributed by atoms with E-state index in [0.29, 0.717) is 5.56 Å². The minimum absolute atomic E-state index is 0.0240.